The van der Waals surface area contributed by atoms with Crippen molar-refractivity contribution in [3.63, 3.8) is 0 Å². The van der Waals surface area contributed by atoms with E-state index in [1.165, 1.54) is 57.9 Å². The fourth-order valence-electron chi connectivity index (χ4n) is 3.56. The van der Waals surface area contributed by atoms with Crippen LogP contribution in [0.15, 0.2) is 30.3 Å². The molecule has 0 spiro atoms. The molecule has 4 heteroatoms. The summed E-state index contributed by atoms with van der Waals surface area (Å²) >= 11 is 0. The molecule has 1 aromatic carbocycles. The van der Waals surface area contributed by atoms with E-state index < -0.39 is 0 Å². The molecule has 2 fully saturated rings. The summed E-state index contributed by atoms with van der Waals surface area (Å²) in [6, 6.07) is 10.8. The van der Waals surface area contributed by atoms with E-state index >= 15 is 0 Å². The highest BCUT2D eigenvalue weighted by Gasteiger charge is 2.26. The average Bonchev–Trinajstić information content (AvgIpc) is 2.57. The number of benzene rings is 1. The molecule has 122 valence electrons. The van der Waals surface area contributed by atoms with Crippen LogP contribution in [-0.2, 0) is 6.54 Å². The molecule has 0 aromatic heterocycles. The molecule has 1 aromatic rings. The van der Waals surface area contributed by atoms with E-state index in [0.29, 0.717) is 6.17 Å². The summed E-state index contributed by atoms with van der Waals surface area (Å²) in [6.07, 6.45) is 0.590. The first-order valence-corrected chi connectivity index (χ1v) is 8.65. The molecule has 4 nitrogen and oxygen atoms in total. The quantitative estimate of drug-likeness (QED) is 0.833. The Bertz CT molecular complexity index is 434. The highest BCUT2D eigenvalue weighted by atomic mass is 15.4. The van der Waals surface area contributed by atoms with Crippen molar-refractivity contribution in [3.8, 4) is 0 Å². The van der Waals surface area contributed by atoms with Crippen molar-refractivity contribution in [2.24, 2.45) is 0 Å². The fraction of sp³-hybridized carbons (Fsp3) is 0.667. The molecular weight excluding hydrogens is 272 g/mol. The van der Waals surface area contributed by atoms with Crippen molar-refractivity contribution < 1.29 is 0 Å². The van der Waals surface area contributed by atoms with E-state index in [-0.39, 0.29) is 0 Å². The van der Waals surface area contributed by atoms with Crippen LogP contribution in [0.2, 0.25) is 0 Å². The molecule has 0 radical (unpaired) electrons. The van der Waals surface area contributed by atoms with Gasteiger partial charge in [0.25, 0.3) is 0 Å². The lowest BCUT2D eigenvalue weighted by Crippen LogP contribution is -2.58. The Balaban J connectivity index is 1.45. The first kappa shape index (κ1) is 15.9. The van der Waals surface area contributed by atoms with Crippen molar-refractivity contribution in [1.29, 1.82) is 0 Å². The van der Waals surface area contributed by atoms with Gasteiger partial charge in [0.15, 0.2) is 0 Å². The monoisotopic (exact) mass is 302 g/mol. The number of rotatable bonds is 4. The van der Waals surface area contributed by atoms with E-state index in [1.807, 2.05) is 0 Å². The standard InChI is InChI=1S/C18H30N4/c1-17(21-12-8-19(2)9-13-21)22-14-10-20(11-15-22)16-18-6-4-3-5-7-18/h3-7,17H,8-16H2,1-2H3. The molecule has 2 saturated heterocycles. The maximum atomic E-state index is 2.66. The Morgan fingerprint density at radius 1 is 0.818 bits per heavy atom. The lowest BCUT2D eigenvalue weighted by molar-refractivity contribution is -0.00422. The first-order chi connectivity index (χ1) is 10.7. The number of hydrogen-bond acceptors (Lipinski definition) is 4. The summed E-state index contributed by atoms with van der Waals surface area (Å²) < 4.78 is 0. The van der Waals surface area contributed by atoms with Crippen LogP contribution in [0.5, 0.6) is 0 Å². The Hall–Kier alpha value is -0.940. The van der Waals surface area contributed by atoms with E-state index in [1.54, 1.807) is 0 Å². The molecule has 0 amide bonds. The molecule has 0 bridgehead atoms. The van der Waals surface area contributed by atoms with Crippen LogP contribution in [0.3, 0.4) is 0 Å². The minimum Gasteiger partial charge on any atom is -0.304 e. The summed E-state index contributed by atoms with van der Waals surface area (Å²) in [5.74, 6) is 0. The third-order valence-electron chi connectivity index (χ3n) is 5.25. The summed E-state index contributed by atoms with van der Waals surface area (Å²) in [5, 5.41) is 0. The SMILES string of the molecule is CC(N1CCN(C)CC1)N1CCN(Cc2ccccc2)CC1. The molecule has 3 rings (SSSR count). The van der Waals surface area contributed by atoms with Crippen molar-refractivity contribution >= 4 is 0 Å². The molecule has 2 aliphatic rings. The second kappa shape index (κ2) is 7.55. The van der Waals surface area contributed by atoms with Crippen LogP contribution >= 0.6 is 0 Å². The molecule has 0 N–H and O–H groups in total. The minimum atomic E-state index is 0.590. The van der Waals surface area contributed by atoms with Gasteiger partial charge in [-0.3, -0.25) is 14.7 Å². The zero-order chi connectivity index (χ0) is 15.4. The van der Waals surface area contributed by atoms with E-state index in [4.69, 9.17) is 0 Å². The molecule has 0 saturated carbocycles. The number of hydrogen-bond donors (Lipinski definition) is 0. The van der Waals surface area contributed by atoms with Gasteiger partial charge in [-0.05, 0) is 19.5 Å². The summed E-state index contributed by atoms with van der Waals surface area (Å²) in [4.78, 5) is 10.3. The molecule has 1 unspecified atom stereocenters. The number of likely N-dealkylation sites (N-methyl/N-ethyl adjacent to an activating group) is 1. The number of piperazine rings is 2. The Kier molecular flexibility index (Phi) is 5.47. The lowest BCUT2D eigenvalue weighted by atomic mass is 10.2. The average molecular weight is 302 g/mol. The van der Waals surface area contributed by atoms with Crippen LogP contribution in [0.25, 0.3) is 0 Å². The van der Waals surface area contributed by atoms with Gasteiger partial charge in [-0.2, -0.15) is 0 Å². The van der Waals surface area contributed by atoms with Gasteiger partial charge >= 0.3 is 0 Å². The first-order valence-electron chi connectivity index (χ1n) is 8.65. The topological polar surface area (TPSA) is 13.0 Å². The second-order valence-corrected chi connectivity index (χ2v) is 6.77. The number of nitrogens with zero attached hydrogens (tertiary/aromatic N) is 4. The smallest absolute Gasteiger partial charge is 0.0595 e. The maximum Gasteiger partial charge on any atom is 0.0595 e. The minimum absolute atomic E-state index is 0.590. The van der Waals surface area contributed by atoms with Crippen molar-refractivity contribution in [2.75, 3.05) is 59.4 Å². The van der Waals surface area contributed by atoms with E-state index in [9.17, 15) is 0 Å². The normalized spacial score (nSPS) is 24.5. The predicted molar refractivity (Wildman–Crippen MR) is 91.8 cm³/mol. The molecule has 2 aliphatic heterocycles. The summed E-state index contributed by atoms with van der Waals surface area (Å²) in [5.41, 5.74) is 1.43. The van der Waals surface area contributed by atoms with Crippen LogP contribution in [0.4, 0.5) is 0 Å². The van der Waals surface area contributed by atoms with Crippen molar-refractivity contribution in [1.82, 2.24) is 19.6 Å². The van der Waals surface area contributed by atoms with Gasteiger partial charge in [0.2, 0.25) is 0 Å². The summed E-state index contributed by atoms with van der Waals surface area (Å²) in [6.45, 7) is 13.1. The Morgan fingerprint density at radius 2 is 1.36 bits per heavy atom. The largest absolute Gasteiger partial charge is 0.304 e. The molecule has 2 heterocycles. The van der Waals surface area contributed by atoms with Gasteiger partial charge in [-0.1, -0.05) is 30.3 Å². The second-order valence-electron chi connectivity index (χ2n) is 6.77. The zero-order valence-corrected chi connectivity index (χ0v) is 14.1. The third kappa shape index (κ3) is 4.07. The summed E-state index contributed by atoms with van der Waals surface area (Å²) in [7, 11) is 2.23. The van der Waals surface area contributed by atoms with Crippen LogP contribution in [-0.4, -0.2) is 85.2 Å². The Morgan fingerprint density at radius 3 is 1.95 bits per heavy atom. The van der Waals surface area contributed by atoms with E-state index in [2.05, 4.69) is 63.9 Å². The van der Waals surface area contributed by atoms with Crippen LogP contribution < -0.4 is 0 Å². The maximum absolute atomic E-state index is 2.66. The highest BCUT2D eigenvalue weighted by Crippen LogP contribution is 2.14. The highest BCUT2D eigenvalue weighted by molar-refractivity contribution is 5.14. The fourth-order valence-corrected chi connectivity index (χ4v) is 3.56. The van der Waals surface area contributed by atoms with Gasteiger partial charge in [-0.25, -0.2) is 0 Å². The molecule has 22 heavy (non-hydrogen) atoms. The van der Waals surface area contributed by atoms with E-state index in [0.717, 1.165) is 6.54 Å². The lowest BCUT2D eigenvalue weighted by Gasteiger charge is -2.44. The van der Waals surface area contributed by atoms with Gasteiger partial charge in [0, 0.05) is 58.9 Å². The zero-order valence-electron chi connectivity index (χ0n) is 14.1. The molecular formula is C18H30N4. The Labute approximate surface area is 135 Å². The third-order valence-corrected chi connectivity index (χ3v) is 5.25. The van der Waals surface area contributed by atoms with Crippen molar-refractivity contribution in [2.45, 2.75) is 19.6 Å². The van der Waals surface area contributed by atoms with Gasteiger partial charge in [0.1, 0.15) is 0 Å². The molecule has 0 aliphatic carbocycles. The van der Waals surface area contributed by atoms with Gasteiger partial charge in [-0.15, -0.1) is 0 Å². The van der Waals surface area contributed by atoms with Crippen LogP contribution in [0, 0.1) is 0 Å². The van der Waals surface area contributed by atoms with Crippen molar-refractivity contribution in [3.05, 3.63) is 35.9 Å². The van der Waals surface area contributed by atoms with Gasteiger partial charge in [0.05, 0.1) is 6.17 Å². The predicted octanol–water partition coefficient (Wildman–Crippen LogP) is 1.40. The van der Waals surface area contributed by atoms with Gasteiger partial charge < -0.3 is 4.90 Å². The van der Waals surface area contributed by atoms with Crippen LogP contribution in [0.1, 0.15) is 12.5 Å². The molecule has 1 atom stereocenters.